The Morgan fingerprint density at radius 3 is 1.52 bits per heavy atom. The van der Waals surface area contributed by atoms with Gasteiger partial charge in [-0.3, -0.25) is 29.8 Å². The van der Waals surface area contributed by atoms with Crippen molar-refractivity contribution in [1.29, 1.82) is 0 Å². The van der Waals surface area contributed by atoms with Crippen LogP contribution in [0.5, 0.6) is 11.5 Å². The zero-order valence-corrected chi connectivity index (χ0v) is 16.7. The van der Waals surface area contributed by atoms with E-state index in [0.29, 0.717) is 0 Å². The van der Waals surface area contributed by atoms with E-state index in [1.54, 1.807) is 0 Å². The summed E-state index contributed by atoms with van der Waals surface area (Å²) in [5.74, 6) is -0.490. The Bertz CT molecular complexity index is 929. The summed E-state index contributed by atoms with van der Waals surface area (Å²) in [6, 6.07) is 8.01. The standard InChI is InChI=1S/C19H20N4O8/c1-30-12-6-8-14(16(10-12)22(26)27)20-18(24)4-3-5-19(25)21-15-9-7-13(31-2)11-17(15)23(28)29/h6-11H,3-5H2,1-2H3,(H,20,24)(H,21,25). The maximum Gasteiger partial charge on any atom is 0.296 e. The van der Waals surface area contributed by atoms with Crippen molar-refractivity contribution in [2.45, 2.75) is 19.3 Å². The van der Waals surface area contributed by atoms with Gasteiger partial charge in [-0.25, -0.2) is 0 Å². The Morgan fingerprint density at radius 1 is 0.806 bits per heavy atom. The molecule has 0 fully saturated rings. The minimum absolute atomic E-state index is 0.00843. The van der Waals surface area contributed by atoms with Crippen LogP contribution in [0.3, 0.4) is 0 Å². The van der Waals surface area contributed by atoms with E-state index >= 15 is 0 Å². The molecule has 12 heteroatoms. The number of hydrogen-bond donors (Lipinski definition) is 2. The first-order chi connectivity index (χ1) is 14.7. The van der Waals surface area contributed by atoms with E-state index in [1.807, 2.05) is 0 Å². The number of anilines is 2. The summed E-state index contributed by atoms with van der Waals surface area (Å²) in [4.78, 5) is 45.2. The summed E-state index contributed by atoms with van der Waals surface area (Å²) >= 11 is 0. The van der Waals surface area contributed by atoms with E-state index in [0.717, 1.165) is 0 Å². The zero-order chi connectivity index (χ0) is 23.0. The van der Waals surface area contributed by atoms with Gasteiger partial charge >= 0.3 is 0 Å². The van der Waals surface area contributed by atoms with Crippen molar-refractivity contribution in [2.24, 2.45) is 0 Å². The van der Waals surface area contributed by atoms with Crippen LogP contribution in [0, 0.1) is 20.2 Å². The number of nitrogens with zero attached hydrogens (tertiary/aromatic N) is 2. The van der Waals surface area contributed by atoms with E-state index in [1.165, 1.54) is 50.6 Å². The minimum Gasteiger partial charge on any atom is -0.496 e. The highest BCUT2D eigenvalue weighted by atomic mass is 16.6. The third-order valence-electron chi connectivity index (χ3n) is 4.16. The number of benzene rings is 2. The summed E-state index contributed by atoms with van der Waals surface area (Å²) in [6.45, 7) is 0. The number of rotatable bonds is 10. The van der Waals surface area contributed by atoms with Gasteiger partial charge in [0.15, 0.2) is 0 Å². The average Bonchev–Trinajstić information content (AvgIpc) is 2.73. The van der Waals surface area contributed by atoms with Crippen LogP contribution in [-0.4, -0.2) is 35.9 Å². The number of nitro benzene ring substituents is 2. The van der Waals surface area contributed by atoms with Crippen molar-refractivity contribution in [2.75, 3.05) is 24.9 Å². The quantitative estimate of drug-likeness (QED) is 0.427. The molecule has 0 saturated carbocycles. The van der Waals surface area contributed by atoms with Crippen LogP contribution in [0.25, 0.3) is 0 Å². The summed E-state index contributed by atoms with van der Waals surface area (Å²) < 4.78 is 9.86. The molecule has 2 aromatic rings. The lowest BCUT2D eigenvalue weighted by atomic mass is 10.2. The Kier molecular flexibility index (Phi) is 7.83. The number of nitro groups is 2. The molecule has 2 N–H and O–H groups in total. The van der Waals surface area contributed by atoms with E-state index in [4.69, 9.17) is 9.47 Å². The van der Waals surface area contributed by atoms with Crippen LogP contribution in [0.15, 0.2) is 36.4 Å². The third-order valence-corrected chi connectivity index (χ3v) is 4.16. The molecule has 0 aliphatic heterocycles. The largest absolute Gasteiger partial charge is 0.496 e. The summed E-state index contributed by atoms with van der Waals surface area (Å²) in [5.41, 5.74) is -0.627. The monoisotopic (exact) mass is 432 g/mol. The normalized spacial score (nSPS) is 10.1. The second-order valence-electron chi connectivity index (χ2n) is 6.23. The molecule has 0 bridgehead atoms. The van der Waals surface area contributed by atoms with E-state index in [2.05, 4.69) is 10.6 Å². The van der Waals surface area contributed by atoms with Crippen molar-refractivity contribution in [1.82, 2.24) is 0 Å². The highest BCUT2D eigenvalue weighted by Crippen LogP contribution is 2.30. The van der Waals surface area contributed by atoms with Gasteiger partial charge < -0.3 is 20.1 Å². The summed E-state index contributed by atoms with van der Waals surface area (Å²) in [5, 5.41) is 27.2. The summed E-state index contributed by atoms with van der Waals surface area (Å²) in [6.07, 6.45) is -0.0335. The molecule has 0 atom stereocenters. The van der Waals surface area contributed by atoms with Gasteiger partial charge in [-0.1, -0.05) is 0 Å². The highest BCUT2D eigenvalue weighted by Gasteiger charge is 2.19. The van der Waals surface area contributed by atoms with Gasteiger partial charge in [0, 0.05) is 12.8 Å². The number of amides is 2. The van der Waals surface area contributed by atoms with Crippen LogP contribution in [0.4, 0.5) is 22.7 Å². The molecular weight excluding hydrogens is 412 g/mol. The molecule has 0 heterocycles. The first kappa shape index (κ1) is 23.1. The average molecular weight is 432 g/mol. The molecule has 2 amide bonds. The fourth-order valence-corrected chi connectivity index (χ4v) is 2.63. The van der Waals surface area contributed by atoms with E-state index in [-0.39, 0.29) is 53.5 Å². The van der Waals surface area contributed by atoms with E-state index < -0.39 is 21.7 Å². The van der Waals surface area contributed by atoms with Crippen LogP contribution in [-0.2, 0) is 9.59 Å². The first-order valence-electron chi connectivity index (χ1n) is 8.99. The Hall–Kier alpha value is -4.22. The molecule has 164 valence electrons. The zero-order valence-electron chi connectivity index (χ0n) is 16.7. The lowest BCUT2D eigenvalue weighted by Gasteiger charge is -2.09. The fraction of sp³-hybridized carbons (Fsp3) is 0.263. The Morgan fingerprint density at radius 2 is 1.19 bits per heavy atom. The molecule has 2 aromatic carbocycles. The molecule has 0 aliphatic carbocycles. The van der Waals surface area contributed by atoms with Crippen molar-refractivity contribution >= 4 is 34.6 Å². The minimum atomic E-state index is -0.645. The number of nitrogens with one attached hydrogen (secondary N) is 2. The third kappa shape index (κ3) is 6.39. The smallest absolute Gasteiger partial charge is 0.296 e. The molecule has 0 saturated heterocycles. The van der Waals surface area contributed by atoms with Gasteiger partial charge in [-0.15, -0.1) is 0 Å². The van der Waals surface area contributed by atoms with Gasteiger partial charge in [0.25, 0.3) is 11.4 Å². The predicted molar refractivity (Wildman–Crippen MR) is 110 cm³/mol. The van der Waals surface area contributed by atoms with Crippen LogP contribution in [0.1, 0.15) is 19.3 Å². The Labute approximate surface area is 176 Å². The number of ether oxygens (including phenoxy) is 2. The lowest BCUT2D eigenvalue weighted by molar-refractivity contribution is -0.384. The number of carbonyl (C=O) groups excluding carboxylic acids is 2. The van der Waals surface area contributed by atoms with Crippen molar-refractivity contribution in [3.63, 3.8) is 0 Å². The molecule has 12 nitrogen and oxygen atoms in total. The molecule has 0 unspecified atom stereocenters. The molecule has 0 aromatic heterocycles. The predicted octanol–water partition coefficient (Wildman–Crippen LogP) is 3.27. The SMILES string of the molecule is COc1ccc(NC(=O)CCCC(=O)Nc2ccc(OC)cc2[N+](=O)[O-])c([N+](=O)[O-])c1. The highest BCUT2D eigenvalue weighted by molar-refractivity contribution is 5.95. The molecule has 31 heavy (non-hydrogen) atoms. The van der Waals surface area contributed by atoms with E-state index in [9.17, 15) is 29.8 Å². The fourth-order valence-electron chi connectivity index (χ4n) is 2.63. The van der Waals surface area contributed by atoms with Gasteiger partial charge in [0.05, 0.1) is 36.2 Å². The van der Waals surface area contributed by atoms with Gasteiger partial charge in [0.1, 0.15) is 22.9 Å². The molecule has 0 radical (unpaired) electrons. The van der Waals surface area contributed by atoms with Gasteiger partial charge in [-0.2, -0.15) is 0 Å². The topological polar surface area (TPSA) is 163 Å². The number of carbonyl (C=O) groups is 2. The molecule has 0 spiro atoms. The first-order valence-corrected chi connectivity index (χ1v) is 8.99. The molecule has 2 rings (SSSR count). The molecule has 0 aliphatic rings. The number of hydrogen-bond acceptors (Lipinski definition) is 8. The van der Waals surface area contributed by atoms with Crippen molar-refractivity contribution in [3.05, 3.63) is 56.6 Å². The van der Waals surface area contributed by atoms with Gasteiger partial charge in [0.2, 0.25) is 11.8 Å². The van der Waals surface area contributed by atoms with Crippen LogP contribution >= 0.6 is 0 Å². The maximum atomic E-state index is 12.1. The van der Waals surface area contributed by atoms with Crippen LogP contribution in [0.2, 0.25) is 0 Å². The van der Waals surface area contributed by atoms with Crippen molar-refractivity contribution < 1.29 is 28.9 Å². The van der Waals surface area contributed by atoms with Crippen molar-refractivity contribution in [3.8, 4) is 11.5 Å². The molecular formula is C19H20N4O8. The Balaban J connectivity index is 1.91. The number of methoxy groups -OCH3 is 2. The second-order valence-corrected chi connectivity index (χ2v) is 6.23. The summed E-state index contributed by atoms with van der Waals surface area (Å²) in [7, 11) is 2.73. The maximum absolute atomic E-state index is 12.1. The second kappa shape index (κ2) is 10.5. The van der Waals surface area contributed by atoms with Crippen LogP contribution < -0.4 is 20.1 Å². The van der Waals surface area contributed by atoms with Gasteiger partial charge in [-0.05, 0) is 30.7 Å². The lowest BCUT2D eigenvalue weighted by Crippen LogP contribution is -2.16.